The van der Waals surface area contributed by atoms with Crippen LogP contribution in [0.3, 0.4) is 0 Å². The largest absolute Gasteiger partial charge is 0.507 e. The maximum atomic E-state index is 12.9. The molecule has 0 saturated heterocycles. The molecule has 1 amide bonds. The molecule has 0 spiro atoms. The summed E-state index contributed by atoms with van der Waals surface area (Å²) in [5.41, 5.74) is 4.44. The van der Waals surface area contributed by atoms with E-state index in [0.29, 0.717) is 17.0 Å². The molecular weight excluding hydrogens is 342 g/mol. The molecule has 3 aromatic rings. The average Bonchev–Trinajstić information content (AvgIpc) is 3.23. The van der Waals surface area contributed by atoms with Crippen molar-refractivity contribution in [2.45, 2.75) is 19.4 Å². The molecule has 27 heavy (non-hydrogen) atoms. The van der Waals surface area contributed by atoms with Crippen LogP contribution in [0.1, 0.15) is 40.1 Å². The van der Waals surface area contributed by atoms with Crippen LogP contribution in [0.5, 0.6) is 5.75 Å². The van der Waals surface area contributed by atoms with Crippen molar-refractivity contribution >= 4 is 5.91 Å². The van der Waals surface area contributed by atoms with Crippen molar-refractivity contribution in [1.82, 2.24) is 15.1 Å². The fraction of sp³-hybridized carbons (Fsp3) is 0.238. The van der Waals surface area contributed by atoms with Gasteiger partial charge < -0.3 is 15.1 Å². The molecule has 0 fully saturated rings. The van der Waals surface area contributed by atoms with Gasteiger partial charge in [-0.1, -0.05) is 43.3 Å². The lowest BCUT2D eigenvalue weighted by Crippen LogP contribution is -2.32. The van der Waals surface area contributed by atoms with E-state index < -0.39 is 0 Å². The van der Waals surface area contributed by atoms with Crippen LogP contribution >= 0.6 is 0 Å². The van der Waals surface area contributed by atoms with Crippen molar-refractivity contribution < 1.29 is 15.0 Å². The molecule has 3 N–H and O–H groups in total. The van der Waals surface area contributed by atoms with E-state index in [4.69, 9.17) is 0 Å². The highest BCUT2D eigenvalue weighted by Crippen LogP contribution is 2.44. The lowest BCUT2D eigenvalue weighted by atomic mass is 9.95. The molecule has 0 aliphatic carbocycles. The summed E-state index contributed by atoms with van der Waals surface area (Å²) in [7, 11) is 0. The highest BCUT2D eigenvalue weighted by Gasteiger charge is 2.42. The molecule has 6 nitrogen and oxygen atoms in total. The number of aromatic nitrogens is 2. The smallest absolute Gasteiger partial charge is 0.273 e. The Labute approximate surface area is 157 Å². The molecule has 1 aromatic heterocycles. The maximum Gasteiger partial charge on any atom is 0.273 e. The molecule has 1 aliphatic heterocycles. The number of hydrogen-bond acceptors (Lipinski definition) is 4. The topological polar surface area (TPSA) is 89.5 Å². The van der Waals surface area contributed by atoms with Gasteiger partial charge >= 0.3 is 0 Å². The van der Waals surface area contributed by atoms with Gasteiger partial charge in [0.1, 0.15) is 17.1 Å². The summed E-state index contributed by atoms with van der Waals surface area (Å²) in [6.07, 6.45) is 0.935. The summed E-state index contributed by atoms with van der Waals surface area (Å²) in [6.45, 7) is 2.19. The number of carbonyl (C=O) groups excluding carboxylic acids is 1. The Morgan fingerprint density at radius 1 is 1.15 bits per heavy atom. The van der Waals surface area contributed by atoms with E-state index in [-0.39, 0.29) is 30.9 Å². The maximum absolute atomic E-state index is 12.9. The number of fused-ring (bicyclic) bond motifs is 1. The van der Waals surface area contributed by atoms with Gasteiger partial charge in [-0.2, -0.15) is 5.10 Å². The number of rotatable bonds is 5. The van der Waals surface area contributed by atoms with Crippen molar-refractivity contribution in [3.63, 3.8) is 0 Å². The second-order valence-electron chi connectivity index (χ2n) is 6.60. The molecule has 1 aliphatic rings. The molecule has 1 unspecified atom stereocenters. The van der Waals surface area contributed by atoms with Crippen molar-refractivity contribution in [3.05, 3.63) is 70.9 Å². The molecule has 0 bridgehead atoms. The fourth-order valence-electron chi connectivity index (χ4n) is 3.70. The Balaban J connectivity index is 1.88. The Morgan fingerprint density at radius 3 is 2.56 bits per heavy atom. The monoisotopic (exact) mass is 363 g/mol. The number of nitrogens with zero attached hydrogens (tertiary/aromatic N) is 2. The van der Waals surface area contributed by atoms with Gasteiger partial charge in [0.25, 0.3) is 5.91 Å². The summed E-state index contributed by atoms with van der Waals surface area (Å²) >= 11 is 0. The summed E-state index contributed by atoms with van der Waals surface area (Å²) in [6, 6.07) is 14.7. The summed E-state index contributed by atoms with van der Waals surface area (Å²) in [5.74, 6) is -0.0854. The predicted molar refractivity (Wildman–Crippen MR) is 101 cm³/mol. The Kier molecular flexibility index (Phi) is 4.41. The summed E-state index contributed by atoms with van der Waals surface area (Å²) < 4.78 is 0. The number of aryl methyl sites for hydroxylation is 1. The molecular formula is C21H21N3O3. The Bertz CT molecular complexity index is 979. The van der Waals surface area contributed by atoms with E-state index in [0.717, 1.165) is 17.5 Å². The number of carbonyl (C=O) groups is 1. The van der Waals surface area contributed by atoms with Gasteiger partial charge in [-0.3, -0.25) is 9.89 Å². The zero-order valence-corrected chi connectivity index (χ0v) is 15.0. The van der Waals surface area contributed by atoms with E-state index in [1.807, 2.05) is 18.2 Å². The minimum Gasteiger partial charge on any atom is -0.507 e. The molecule has 4 rings (SSSR count). The van der Waals surface area contributed by atoms with Gasteiger partial charge in [-0.05, 0) is 29.7 Å². The van der Waals surface area contributed by atoms with Gasteiger partial charge in [0, 0.05) is 17.7 Å². The molecule has 0 radical (unpaired) electrons. The molecule has 2 aromatic carbocycles. The number of β-amino-alcohol motifs (C(OH)–C–C–N with tert-alkyl or cyclic N) is 1. The van der Waals surface area contributed by atoms with E-state index in [9.17, 15) is 15.0 Å². The number of aromatic amines is 1. The number of aliphatic hydroxyl groups is 1. The van der Waals surface area contributed by atoms with Crippen LogP contribution in [0, 0.1) is 0 Å². The number of hydrogen-bond donors (Lipinski definition) is 3. The molecule has 138 valence electrons. The molecule has 6 heteroatoms. The van der Waals surface area contributed by atoms with E-state index in [1.165, 1.54) is 5.56 Å². The zero-order chi connectivity index (χ0) is 19.0. The second kappa shape index (κ2) is 6.89. The van der Waals surface area contributed by atoms with Gasteiger partial charge in [0.15, 0.2) is 0 Å². The minimum atomic E-state index is -0.362. The third-order valence-corrected chi connectivity index (χ3v) is 5.07. The third-order valence-electron chi connectivity index (χ3n) is 5.07. The Morgan fingerprint density at radius 2 is 1.89 bits per heavy atom. The van der Waals surface area contributed by atoms with Gasteiger partial charge in [-0.25, -0.2) is 0 Å². The first-order valence-electron chi connectivity index (χ1n) is 9.03. The van der Waals surface area contributed by atoms with Gasteiger partial charge in [0.2, 0.25) is 0 Å². The summed E-state index contributed by atoms with van der Waals surface area (Å²) in [5, 5.41) is 26.9. The van der Waals surface area contributed by atoms with Crippen LogP contribution in [0.15, 0.2) is 48.5 Å². The molecule has 2 heterocycles. The minimum absolute atomic E-state index is 0.111. The van der Waals surface area contributed by atoms with Crippen molar-refractivity contribution in [3.8, 4) is 17.0 Å². The van der Waals surface area contributed by atoms with Gasteiger partial charge in [0.05, 0.1) is 12.6 Å². The highest BCUT2D eigenvalue weighted by molar-refractivity contribution is 6.00. The molecule has 0 saturated carbocycles. The number of phenols is 1. The number of benzene rings is 2. The van der Waals surface area contributed by atoms with Crippen molar-refractivity contribution in [2.24, 2.45) is 0 Å². The van der Waals surface area contributed by atoms with Crippen LogP contribution in [0.2, 0.25) is 0 Å². The zero-order valence-electron chi connectivity index (χ0n) is 15.0. The number of phenolic OH excluding ortho intramolecular Hbond substituents is 1. The normalized spacial score (nSPS) is 16.0. The summed E-state index contributed by atoms with van der Waals surface area (Å²) in [4.78, 5) is 14.6. The highest BCUT2D eigenvalue weighted by atomic mass is 16.3. The first-order chi connectivity index (χ1) is 13.2. The van der Waals surface area contributed by atoms with Gasteiger partial charge in [-0.15, -0.1) is 0 Å². The van der Waals surface area contributed by atoms with Crippen LogP contribution in [-0.4, -0.2) is 44.4 Å². The standard InChI is InChI=1S/C21H21N3O3/c1-2-13-7-9-14(10-8-13)20-17-18(15-5-3-4-6-16(15)26)22-23-19(17)21(27)24(20)11-12-25/h3-10,20,25-26H,2,11-12H2,1H3,(H,22,23). The lowest BCUT2D eigenvalue weighted by Gasteiger charge is -2.25. The Hall–Kier alpha value is -3.12. The van der Waals surface area contributed by atoms with Crippen molar-refractivity contribution in [2.75, 3.05) is 13.2 Å². The van der Waals surface area contributed by atoms with Crippen LogP contribution in [0.4, 0.5) is 0 Å². The fourth-order valence-corrected chi connectivity index (χ4v) is 3.70. The number of aromatic hydroxyl groups is 1. The SMILES string of the molecule is CCc1ccc(C2c3c(-c4ccccc4O)n[nH]c3C(=O)N2CCO)cc1. The quantitative estimate of drug-likeness (QED) is 0.650. The van der Waals surface area contributed by atoms with E-state index in [2.05, 4.69) is 29.3 Å². The third kappa shape index (κ3) is 2.78. The van der Waals surface area contributed by atoms with Crippen LogP contribution in [0.25, 0.3) is 11.3 Å². The first-order valence-corrected chi connectivity index (χ1v) is 9.03. The van der Waals surface area contributed by atoms with E-state index >= 15 is 0 Å². The van der Waals surface area contributed by atoms with E-state index in [1.54, 1.807) is 23.1 Å². The number of nitrogens with one attached hydrogen (secondary N) is 1. The lowest BCUT2D eigenvalue weighted by molar-refractivity contribution is 0.0706. The number of amides is 1. The number of H-pyrrole nitrogens is 1. The van der Waals surface area contributed by atoms with Crippen LogP contribution in [-0.2, 0) is 6.42 Å². The molecule has 1 atom stereocenters. The number of aliphatic hydroxyl groups excluding tert-OH is 1. The number of para-hydroxylation sites is 1. The second-order valence-corrected chi connectivity index (χ2v) is 6.60. The average molecular weight is 363 g/mol. The van der Waals surface area contributed by atoms with Crippen molar-refractivity contribution in [1.29, 1.82) is 0 Å². The predicted octanol–water partition coefficient (Wildman–Crippen LogP) is 2.88. The first kappa shape index (κ1) is 17.3. The van der Waals surface area contributed by atoms with Crippen LogP contribution < -0.4 is 0 Å².